The van der Waals surface area contributed by atoms with E-state index in [9.17, 15) is 0 Å². The largest absolute Gasteiger partial charge is 0.439 e. The van der Waals surface area contributed by atoms with Gasteiger partial charge in [0.1, 0.15) is 12.4 Å². The Morgan fingerprint density at radius 2 is 1.70 bits per heavy atom. The van der Waals surface area contributed by atoms with E-state index >= 15 is 0 Å². The standard InChI is InChI=1S/C24H21BN4O/c1-17-15-22-23(19-11-8-14-26-24(19)30-22)25(2)29(17)28-16-27(18-9-4-3-5-10-18)20-12-6-7-13-21(20)28/h3-15H,16H2,1-2H3. The van der Waals surface area contributed by atoms with Gasteiger partial charge in [-0.15, -0.1) is 0 Å². The number of hydrogen-bond donors (Lipinski definition) is 0. The fourth-order valence-electron chi connectivity index (χ4n) is 4.80. The number of allylic oxidation sites excluding steroid dienone is 1. The van der Waals surface area contributed by atoms with Crippen LogP contribution in [0.5, 0.6) is 0 Å². The first-order valence-electron chi connectivity index (χ1n) is 10.3. The molecule has 0 saturated heterocycles. The van der Waals surface area contributed by atoms with E-state index in [0.29, 0.717) is 5.71 Å². The van der Waals surface area contributed by atoms with Gasteiger partial charge in [-0.25, -0.2) is 4.98 Å². The van der Waals surface area contributed by atoms with Gasteiger partial charge >= 0.3 is 6.85 Å². The lowest BCUT2D eigenvalue weighted by Gasteiger charge is -2.41. The van der Waals surface area contributed by atoms with Gasteiger partial charge in [0.25, 0.3) is 0 Å². The molecule has 2 aliphatic heterocycles. The first-order chi connectivity index (χ1) is 14.7. The minimum Gasteiger partial charge on any atom is -0.439 e. The van der Waals surface area contributed by atoms with E-state index in [-0.39, 0.29) is 6.85 Å². The van der Waals surface area contributed by atoms with Crippen LogP contribution in [0.2, 0.25) is 6.82 Å². The second-order valence-electron chi connectivity index (χ2n) is 7.84. The zero-order chi connectivity index (χ0) is 20.2. The van der Waals surface area contributed by atoms with E-state index in [1.165, 1.54) is 22.5 Å². The second-order valence-corrected chi connectivity index (χ2v) is 7.84. The number of benzene rings is 2. The van der Waals surface area contributed by atoms with Crippen LogP contribution in [0.15, 0.2) is 83.0 Å². The fourth-order valence-corrected chi connectivity index (χ4v) is 4.80. The summed E-state index contributed by atoms with van der Waals surface area (Å²) in [5, 5.41) is 3.46. The van der Waals surface area contributed by atoms with Crippen molar-refractivity contribution in [3.8, 4) is 0 Å². The number of aromatic nitrogens is 1. The van der Waals surface area contributed by atoms with Gasteiger partial charge in [0.05, 0.1) is 11.4 Å². The summed E-state index contributed by atoms with van der Waals surface area (Å²) < 4.78 is 6.06. The summed E-state index contributed by atoms with van der Waals surface area (Å²) in [5.41, 5.74) is 6.66. The van der Waals surface area contributed by atoms with E-state index in [0.717, 1.165) is 23.5 Å². The van der Waals surface area contributed by atoms with Crippen molar-refractivity contribution in [3.05, 3.63) is 84.4 Å². The average Bonchev–Trinajstić information content (AvgIpc) is 3.33. The molecular formula is C24H21BN4O. The van der Waals surface area contributed by atoms with Crippen LogP contribution in [-0.4, -0.2) is 23.4 Å². The monoisotopic (exact) mass is 392 g/mol. The number of fused-ring (bicyclic) bond motifs is 4. The number of nitrogens with zero attached hydrogens (tertiary/aromatic N) is 4. The van der Waals surface area contributed by atoms with Crippen molar-refractivity contribution >= 4 is 46.5 Å². The van der Waals surface area contributed by atoms with Crippen LogP contribution in [0.1, 0.15) is 12.7 Å². The zero-order valence-electron chi connectivity index (χ0n) is 17.0. The Morgan fingerprint density at radius 1 is 0.933 bits per heavy atom. The Kier molecular flexibility index (Phi) is 3.69. The molecule has 0 unspecified atom stereocenters. The van der Waals surface area contributed by atoms with Crippen molar-refractivity contribution in [2.75, 3.05) is 16.6 Å². The third kappa shape index (κ3) is 2.40. The molecular weight excluding hydrogens is 371 g/mol. The summed E-state index contributed by atoms with van der Waals surface area (Å²) in [4.78, 5) is 9.16. The maximum absolute atomic E-state index is 6.06. The number of pyridine rings is 1. The number of hydrazine groups is 1. The summed E-state index contributed by atoms with van der Waals surface area (Å²) in [6.07, 6.45) is 3.91. The quantitative estimate of drug-likeness (QED) is 0.455. The summed E-state index contributed by atoms with van der Waals surface area (Å²) in [7, 11) is 0. The molecule has 30 heavy (non-hydrogen) atoms. The maximum Gasteiger partial charge on any atom is 0.315 e. The van der Waals surface area contributed by atoms with Crippen LogP contribution in [0.3, 0.4) is 0 Å². The van der Waals surface area contributed by atoms with Crippen molar-refractivity contribution in [2.24, 2.45) is 0 Å². The smallest absolute Gasteiger partial charge is 0.315 e. The van der Waals surface area contributed by atoms with Crippen molar-refractivity contribution < 1.29 is 4.42 Å². The van der Waals surface area contributed by atoms with Crippen LogP contribution < -0.4 is 15.4 Å². The molecule has 0 N–H and O–H groups in total. The molecule has 5 nitrogen and oxygen atoms in total. The molecule has 0 amide bonds. The highest BCUT2D eigenvalue weighted by Crippen LogP contribution is 2.42. The minimum atomic E-state index is 0.124. The number of para-hydroxylation sites is 3. The Hall–Kier alpha value is -3.67. The summed E-state index contributed by atoms with van der Waals surface area (Å²) in [6, 6.07) is 23.2. The van der Waals surface area contributed by atoms with Crippen LogP contribution in [0, 0.1) is 0 Å². The molecule has 6 heteroatoms. The minimum absolute atomic E-state index is 0.124. The van der Waals surface area contributed by atoms with Crippen LogP contribution >= 0.6 is 0 Å². The Morgan fingerprint density at radius 3 is 2.53 bits per heavy atom. The third-order valence-corrected chi connectivity index (χ3v) is 6.07. The van der Waals surface area contributed by atoms with E-state index < -0.39 is 0 Å². The van der Waals surface area contributed by atoms with E-state index in [1.807, 2.05) is 6.07 Å². The van der Waals surface area contributed by atoms with Crippen LogP contribution in [0.25, 0.3) is 17.2 Å². The molecule has 2 aromatic carbocycles. The van der Waals surface area contributed by atoms with Gasteiger partial charge in [-0.1, -0.05) is 37.2 Å². The molecule has 6 rings (SSSR count). The molecule has 2 aliphatic rings. The maximum atomic E-state index is 6.06. The van der Waals surface area contributed by atoms with Gasteiger partial charge in [-0.05, 0) is 49.4 Å². The molecule has 0 spiro atoms. The SMILES string of the molecule is CB1c2c(oc3ncccc23)C=C(C)N1N1CN(c2ccccc2)c2ccccc21. The average molecular weight is 392 g/mol. The number of furan rings is 1. The van der Waals surface area contributed by atoms with Crippen molar-refractivity contribution in [3.63, 3.8) is 0 Å². The van der Waals surface area contributed by atoms with Gasteiger partial charge in [-0.2, -0.15) is 0 Å². The molecule has 0 aliphatic carbocycles. The van der Waals surface area contributed by atoms with Crippen molar-refractivity contribution in [1.29, 1.82) is 0 Å². The molecule has 0 bridgehead atoms. The Balaban J connectivity index is 1.46. The lowest BCUT2D eigenvalue weighted by Crippen LogP contribution is -2.56. The van der Waals surface area contributed by atoms with E-state index in [2.05, 4.69) is 100 Å². The molecule has 0 atom stereocenters. The topological polar surface area (TPSA) is 35.8 Å². The summed E-state index contributed by atoms with van der Waals surface area (Å²) in [6.45, 7) is 5.26. The molecule has 2 aromatic heterocycles. The normalized spacial score (nSPS) is 15.5. The highest BCUT2D eigenvalue weighted by Gasteiger charge is 2.39. The number of hydrogen-bond acceptors (Lipinski definition) is 5. The predicted octanol–water partition coefficient (Wildman–Crippen LogP) is 4.86. The summed E-state index contributed by atoms with van der Waals surface area (Å²) >= 11 is 0. The number of rotatable bonds is 2. The lowest BCUT2D eigenvalue weighted by atomic mass is 9.55. The summed E-state index contributed by atoms with van der Waals surface area (Å²) in [5.74, 6) is 0.914. The van der Waals surface area contributed by atoms with Gasteiger partial charge < -0.3 is 14.2 Å². The zero-order valence-corrected chi connectivity index (χ0v) is 17.0. The number of anilines is 3. The van der Waals surface area contributed by atoms with Gasteiger partial charge in [0.2, 0.25) is 5.71 Å². The van der Waals surface area contributed by atoms with Crippen LogP contribution in [0.4, 0.5) is 17.1 Å². The fraction of sp³-hybridized carbons (Fsp3) is 0.125. The first-order valence-corrected chi connectivity index (χ1v) is 10.3. The molecule has 0 radical (unpaired) electrons. The van der Waals surface area contributed by atoms with Crippen molar-refractivity contribution in [1.82, 2.24) is 9.90 Å². The molecule has 0 saturated carbocycles. The van der Waals surface area contributed by atoms with Crippen molar-refractivity contribution in [2.45, 2.75) is 13.7 Å². The molecule has 4 aromatic rings. The third-order valence-electron chi connectivity index (χ3n) is 6.07. The highest BCUT2D eigenvalue weighted by molar-refractivity contribution is 6.73. The highest BCUT2D eigenvalue weighted by atomic mass is 16.3. The Labute approximate surface area is 175 Å². The molecule has 4 heterocycles. The van der Waals surface area contributed by atoms with Gasteiger partial charge in [0, 0.05) is 28.4 Å². The second kappa shape index (κ2) is 6.42. The molecule has 0 fully saturated rings. The first kappa shape index (κ1) is 17.2. The van der Waals surface area contributed by atoms with Gasteiger partial charge in [-0.3, -0.25) is 5.01 Å². The Bertz CT molecular complexity index is 1280. The van der Waals surface area contributed by atoms with Crippen LogP contribution in [-0.2, 0) is 0 Å². The lowest BCUT2D eigenvalue weighted by molar-refractivity contribution is 0.494. The van der Waals surface area contributed by atoms with E-state index in [4.69, 9.17) is 4.42 Å². The van der Waals surface area contributed by atoms with E-state index in [1.54, 1.807) is 6.20 Å². The predicted molar refractivity (Wildman–Crippen MR) is 123 cm³/mol. The van der Waals surface area contributed by atoms with Gasteiger partial charge in [0.15, 0.2) is 0 Å². The molecule has 146 valence electrons.